The number of rotatable bonds is 5. The van der Waals surface area contributed by atoms with Crippen molar-refractivity contribution >= 4 is 24.2 Å². The first-order chi connectivity index (χ1) is 8.11. The van der Waals surface area contributed by atoms with Gasteiger partial charge in [0, 0.05) is 6.54 Å². The highest BCUT2D eigenvalue weighted by molar-refractivity contribution is 5.85. The van der Waals surface area contributed by atoms with Crippen LogP contribution in [-0.4, -0.2) is 24.9 Å². The molecular formula is C11H15ClFN3O2. The monoisotopic (exact) mass is 275 g/mol. The average Bonchev–Trinajstić information content (AvgIpc) is 2.33. The average molecular weight is 276 g/mol. The summed E-state index contributed by atoms with van der Waals surface area (Å²) in [6, 6.07) is 5.92. The van der Waals surface area contributed by atoms with E-state index < -0.39 is 5.91 Å². The van der Waals surface area contributed by atoms with Crippen LogP contribution >= 0.6 is 12.4 Å². The van der Waals surface area contributed by atoms with E-state index in [1.54, 1.807) is 12.1 Å². The Balaban J connectivity index is 0.00000289. The molecule has 0 aliphatic rings. The molecule has 4 N–H and O–H groups in total. The third kappa shape index (κ3) is 6.17. The number of nitrogens with two attached hydrogens (primary N) is 1. The molecule has 5 nitrogen and oxygen atoms in total. The Labute approximate surface area is 110 Å². The van der Waals surface area contributed by atoms with Crippen LogP contribution in [0.3, 0.4) is 0 Å². The number of benzene rings is 1. The van der Waals surface area contributed by atoms with E-state index in [0.29, 0.717) is 5.56 Å². The Kier molecular flexibility index (Phi) is 7.66. The summed E-state index contributed by atoms with van der Waals surface area (Å²) >= 11 is 0. The minimum Gasteiger partial charge on any atom is -0.350 e. The molecule has 0 aromatic heterocycles. The van der Waals surface area contributed by atoms with Gasteiger partial charge in [-0.2, -0.15) is 0 Å². The highest BCUT2D eigenvalue weighted by atomic mass is 35.5. The number of hydrogen-bond donors (Lipinski definition) is 3. The molecule has 1 rings (SSSR count). The highest BCUT2D eigenvalue weighted by Crippen LogP contribution is 2.02. The van der Waals surface area contributed by atoms with Crippen LogP contribution in [0.4, 0.5) is 4.39 Å². The molecule has 0 radical (unpaired) electrons. The van der Waals surface area contributed by atoms with E-state index in [1.807, 2.05) is 0 Å². The van der Waals surface area contributed by atoms with Crippen molar-refractivity contribution in [1.82, 2.24) is 10.6 Å². The molecule has 100 valence electrons. The number of nitrogens with one attached hydrogen (secondary N) is 2. The third-order valence-corrected chi connectivity index (χ3v) is 2.01. The molecular weight excluding hydrogens is 261 g/mol. The Hall–Kier alpha value is -1.66. The maximum Gasteiger partial charge on any atom is 0.239 e. The van der Waals surface area contributed by atoms with Gasteiger partial charge in [-0.05, 0) is 17.7 Å². The largest absolute Gasteiger partial charge is 0.350 e. The molecule has 0 saturated carbocycles. The van der Waals surface area contributed by atoms with Gasteiger partial charge in [0.05, 0.1) is 13.1 Å². The van der Waals surface area contributed by atoms with Crippen molar-refractivity contribution in [3.8, 4) is 0 Å². The number of carbonyl (C=O) groups is 2. The molecule has 0 bridgehead atoms. The van der Waals surface area contributed by atoms with E-state index in [1.165, 1.54) is 12.1 Å². The molecule has 7 heteroatoms. The predicted octanol–water partition coefficient (Wildman–Crippen LogP) is -0.0614. The van der Waals surface area contributed by atoms with Gasteiger partial charge in [-0.15, -0.1) is 12.4 Å². The topological polar surface area (TPSA) is 84.2 Å². The van der Waals surface area contributed by atoms with Crippen molar-refractivity contribution in [2.45, 2.75) is 6.54 Å². The molecule has 0 unspecified atom stereocenters. The fourth-order valence-electron chi connectivity index (χ4n) is 1.16. The lowest BCUT2D eigenvalue weighted by atomic mass is 10.2. The maximum absolute atomic E-state index is 12.8. The summed E-state index contributed by atoms with van der Waals surface area (Å²) in [6.07, 6.45) is 0. The first-order valence-corrected chi connectivity index (χ1v) is 5.09. The van der Waals surface area contributed by atoms with Crippen molar-refractivity contribution in [2.24, 2.45) is 5.73 Å². The summed E-state index contributed by atoms with van der Waals surface area (Å²) in [4.78, 5) is 22.0. The Morgan fingerprint density at radius 2 is 1.94 bits per heavy atom. The van der Waals surface area contributed by atoms with Gasteiger partial charge in [0.25, 0.3) is 0 Å². The van der Waals surface area contributed by atoms with E-state index in [4.69, 9.17) is 5.73 Å². The summed E-state index contributed by atoms with van der Waals surface area (Å²) in [6.45, 7) is -0.0718. The number of carbonyl (C=O) groups excluding carboxylic acids is 2. The van der Waals surface area contributed by atoms with Gasteiger partial charge < -0.3 is 16.4 Å². The third-order valence-electron chi connectivity index (χ3n) is 2.01. The van der Waals surface area contributed by atoms with Crippen molar-refractivity contribution in [2.75, 3.05) is 13.1 Å². The number of amides is 2. The highest BCUT2D eigenvalue weighted by Gasteiger charge is 2.03. The lowest BCUT2D eigenvalue weighted by Crippen LogP contribution is -2.39. The zero-order chi connectivity index (χ0) is 12.7. The molecule has 1 aromatic rings. The second-order valence-corrected chi connectivity index (χ2v) is 3.39. The molecule has 0 saturated heterocycles. The Bertz CT molecular complexity index is 415. The van der Waals surface area contributed by atoms with Crippen molar-refractivity contribution < 1.29 is 14.0 Å². The lowest BCUT2D eigenvalue weighted by Gasteiger charge is -2.06. The lowest BCUT2D eigenvalue weighted by molar-refractivity contribution is -0.125. The summed E-state index contributed by atoms with van der Waals surface area (Å²) < 4.78 is 12.8. The van der Waals surface area contributed by atoms with E-state index in [2.05, 4.69) is 10.6 Å². The van der Waals surface area contributed by atoms with Crippen LogP contribution in [0, 0.1) is 5.82 Å². The molecule has 0 heterocycles. The first-order valence-electron chi connectivity index (χ1n) is 5.09. The quantitative estimate of drug-likeness (QED) is 0.704. The molecule has 0 aliphatic carbocycles. The zero-order valence-corrected chi connectivity index (χ0v) is 10.4. The SMILES string of the molecule is Cl.NCC(=O)NCC(=O)NCc1cccc(F)c1. The van der Waals surface area contributed by atoms with E-state index in [-0.39, 0.29) is 43.8 Å². The summed E-state index contributed by atoms with van der Waals surface area (Å²) in [5.41, 5.74) is 5.71. The summed E-state index contributed by atoms with van der Waals surface area (Å²) in [5, 5.41) is 4.87. The molecule has 0 fully saturated rings. The number of halogens is 2. The molecule has 2 amide bonds. The van der Waals surface area contributed by atoms with Crippen molar-refractivity contribution in [1.29, 1.82) is 0 Å². The van der Waals surface area contributed by atoms with E-state index in [0.717, 1.165) is 0 Å². The fraction of sp³-hybridized carbons (Fsp3) is 0.273. The van der Waals surface area contributed by atoms with Crippen LogP contribution in [0.25, 0.3) is 0 Å². The summed E-state index contributed by atoms with van der Waals surface area (Å²) in [5.74, 6) is -1.10. The zero-order valence-electron chi connectivity index (χ0n) is 9.61. The van der Waals surface area contributed by atoms with Gasteiger partial charge in [0.15, 0.2) is 0 Å². The normalized spacial score (nSPS) is 9.22. The van der Waals surface area contributed by atoms with Crippen LogP contribution in [0.5, 0.6) is 0 Å². The minimum absolute atomic E-state index is 0. The molecule has 0 atom stereocenters. The van der Waals surface area contributed by atoms with E-state index >= 15 is 0 Å². The van der Waals surface area contributed by atoms with Crippen molar-refractivity contribution in [3.05, 3.63) is 35.6 Å². The van der Waals surface area contributed by atoms with Crippen LogP contribution < -0.4 is 16.4 Å². The molecule has 0 aliphatic heterocycles. The van der Waals surface area contributed by atoms with Gasteiger partial charge in [-0.1, -0.05) is 12.1 Å². The maximum atomic E-state index is 12.8. The molecule has 1 aromatic carbocycles. The number of hydrogen-bond acceptors (Lipinski definition) is 3. The van der Waals surface area contributed by atoms with Crippen LogP contribution in [-0.2, 0) is 16.1 Å². The van der Waals surface area contributed by atoms with Gasteiger partial charge in [0.2, 0.25) is 11.8 Å². The standard InChI is InChI=1S/C11H14FN3O2.ClH/c12-9-3-1-2-8(4-9)6-14-11(17)7-15-10(16)5-13;/h1-4H,5-7,13H2,(H,14,17)(H,15,16);1H. The van der Waals surface area contributed by atoms with Gasteiger partial charge in [-0.3, -0.25) is 9.59 Å². The smallest absolute Gasteiger partial charge is 0.239 e. The van der Waals surface area contributed by atoms with Crippen LogP contribution in [0.1, 0.15) is 5.56 Å². The Morgan fingerprint density at radius 3 is 2.56 bits per heavy atom. The van der Waals surface area contributed by atoms with Gasteiger partial charge in [-0.25, -0.2) is 4.39 Å². The second kappa shape index (κ2) is 8.43. The summed E-state index contributed by atoms with van der Waals surface area (Å²) in [7, 11) is 0. The first kappa shape index (κ1) is 16.3. The minimum atomic E-state index is -0.397. The van der Waals surface area contributed by atoms with E-state index in [9.17, 15) is 14.0 Å². The van der Waals surface area contributed by atoms with Crippen molar-refractivity contribution in [3.63, 3.8) is 0 Å². The molecule has 18 heavy (non-hydrogen) atoms. The second-order valence-electron chi connectivity index (χ2n) is 3.39. The fourth-order valence-corrected chi connectivity index (χ4v) is 1.16. The predicted molar refractivity (Wildman–Crippen MR) is 67.6 cm³/mol. The van der Waals surface area contributed by atoms with Gasteiger partial charge in [0.1, 0.15) is 5.82 Å². The van der Waals surface area contributed by atoms with Gasteiger partial charge >= 0.3 is 0 Å². The van der Waals surface area contributed by atoms with Crippen LogP contribution in [0.2, 0.25) is 0 Å². The Morgan fingerprint density at radius 1 is 1.22 bits per heavy atom. The van der Waals surface area contributed by atoms with Crippen LogP contribution in [0.15, 0.2) is 24.3 Å². The molecule has 0 spiro atoms.